The summed E-state index contributed by atoms with van der Waals surface area (Å²) in [4.78, 5) is 20.4. The topological polar surface area (TPSA) is 192 Å². The number of nitrogens with zero attached hydrogens (tertiary/aromatic N) is 3. The van der Waals surface area contributed by atoms with Crippen molar-refractivity contribution < 1.29 is 15.3 Å². The van der Waals surface area contributed by atoms with Crippen molar-refractivity contribution in [3.63, 3.8) is 0 Å². The second-order valence-electron chi connectivity index (χ2n) is 7.00. The lowest BCUT2D eigenvalue weighted by atomic mass is 9.88. The second kappa shape index (κ2) is 9.87. The molecule has 0 saturated heterocycles. The summed E-state index contributed by atoms with van der Waals surface area (Å²) in [5.74, 6) is -0.196. The largest absolute Gasteiger partial charge is 0.391 e. The summed E-state index contributed by atoms with van der Waals surface area (Å²) in [6, 6.07) is 6.67. The molecule has 3 atom stereocenters. The Bertz CT molecular complexity index is 924. The van der Waals surface area contributed by atoms with Crippen molar-refractivity contribution in [3.05, 3.63) is 36.0 Å². The van der Waals surface area contributed by atoms with Gasteiger partial charge in [0.2, 0.25) is 5.95 Å². The number of carbonyl (C=O) groups excluding carboxylic acids is 1. The molecule has 0 aliphatic heterocycles. The van der Waals surface area contributed by atoms with Crippen LogP contribution in [0.25, 0.3) is 0 Å². The average molecular weight is 412 g/mol. The van der Waals surface area contributed by atoms with E-state index in [1.54, 1.807) is 11.5 Å². The summed E-state index contributed by atoms with van der Waals surface area (Å²) in [7, 11) is 0. The molecule has 1 amide bonds. The fraction of sp³-hybridized carbons (Fsp3) is 0.316. The molecule has 1 aromatic carbocycles. The molecule has 0 spiro atoms. The third kappa shape index (κ3) is 5.35. The Hall–Kier alpha value is -3.41. The summed E-state index contributed by atoms with van der Waals surface area (Å²) in [6.07, 6.45) is 5.50. The maximum atomic E-state index is 11.8. The first-order valence-corrected chi connectivity index (χ1v) is 9.57. The van der Waals surface area contributed by atoms with E-state index in [-0.39, 0.29) is 29.4 Å². The number of benzene rings is 1. The molecule has 3 rings (SSSR count). The number of hydrogen-bond donors (Lipinski definition) is 7. The van der Waals surface area contributed by atoms with Gasteiger partial charge in [-0.25, -0.2) is 4.98 Å². The molecular weight excluding hydrogens is 386 g/mol. The van der Waals surface area contributed by atoms with E-state index in [1.807, 2.05) is 18.2 Å². The van der Waals surface area contributed by atoms with Gasteiger partial charge in [-0.2, -0.15) is 10.4 Å². The fourth-order valence-corrected chi connectivity index (χ4v) is 3.29. The highest BCUT2D eigenvalue weighted by Gasteiger charge is 2.30. The van der Waals surface area contributed by atoms with E-state index in [0.717, 1.165) is 24.7 Å². The van der Waals surface area contributed by atoms with Crippen LogP contribution in [0.2, 0.25) is 0 Å². The van der Waals surface area contributed by atoms with Gasteiger partial charge in [0.15, 0.2) is 5.69 Å². The number of aliphatic hydroxyl groups excluding tert-OH is 1. The maximum absolute atomic E-state index is 11.8. The Morgan fingerprint density at radius 3 is 2.97 bits per heavy atom. The lowest BCUT2D eigenvalue weighted by Crippen LogP contribution is -2.71. The van der Waals surface area contributed by atoms with Crippen LogP contribution in [-0.2, 0) is 0 Å². The molecule has 30 heavy (non-hydrogen) atoms. The SMILES string of the molecule is N=C/C=N\[NH2+]c1cccc(Nc2nc(N[C@@H]3[C@H](O)CCC[C@@H]3N)ncc2C(N)=O)c1. The number of aliphatic hydroxyl groups is 1. The van der Waals surface area contributed by atoms with Crippen molar-refractivity contribution in [1.82, 2.24) is 9.97 Å². The van der Waals surface area contributed by atoms with E-state index in [1.165, 1.54) is 12.4 Å². The highest BCUT2D eigenvalue weighted by atomic mass is 16.3. The Morgan fingerprint density at radius 2 is 2.23 bits per heavy atom. The van der Waals surface area contributed by atoms with Crippen LogP contribution >= 0.6 is 0 Å². The zero-order valence-electron chi connectivity index (χ0n) is 16.3. The number of quaternary nitrogens is 1. The van der Waals surface area contributed by atoms with Crippen LogP contribution < -0.4 is 27.5 Å². The molecule has 1 aromatic heterocycles. The smallest absolute Gasteiger partial charge is 0.254 e. The molecule has 1 aliphatic carbocycles. The highest BCUT2D eigenvalue weighted by molar-refractivity contribution is 6.14. The van der Waals surface area contributed by atoms with Crippen LogP contribution in [0.4, 0.5) is 23.1 Å². The third-order valence-electron chi connectivity index (χ3n) is 4.80. The summed E-state index contributed by atoms with van der Waals surface area (Å²) in [6.45, 7) is 0. The molecular formula is C19H26N9O2+. The molecule has 2 aromatic rings. The zero-order valence-corrected chi connectivity index (χ0v) is 16.3. The number of carbonyl (C=O) groups is 1. The first-order valence-electron chi connectivity index (χ1n) is 9.57. The maximum Gasteiger partial charge on any atom is 0.254 e. The van der Waals surface area contributed by atoms with Crippen molar-refractivity contribution >= 4 is 41.5 Å². The normalized spacial score (nSPS) is 21.3. The van der Waals surface area contributed by atoms with Crippen LogP contribution in [0.3, 0.4) is 0 Å². The van der Waals surface area contributed by atoms with Gasteiger partial charge in [0.1, 0.15) is 17.6 Å². The van der Waals surface area contributed by atoms with E-state index in [0.29, 0.717) is 12.1 Å². The fourth-order valence-electron chi connectivity index (χ4n) is 3.29. The summed E-state index contributed by atoms with van der Waals surface area (Å²) in [5.41, 5.74) is 14.8. The standard InChI is InChI=1S/C19H25N9O2/c20-7-8-24-28-12-4-1-3-11(9-12)25-18-13(17(22)30)10-23-19(27-18)26-16-14(21)5-2-6-15(16)29/h1,3-4,7-10,14-16,20,28-29H,2,5-6,21H2,(H2,22,30)(H2,23,25,26,27)/p+1/b20-7?,24-8-/t14-,15+,16-/m0/s1. The van der Waals surface area contributed by atoms with Crippen molar-refractivity contribution in [3.8, 4) is 0 Å². The first kappa shape index (κ1) is 21.3. The number of aromatic nitrogens is 2. The molecule has 11 nitrogen and oxygen atoms in total. The van der Waals surface area contributed by atoms with Gasteiger partial charge in [0.25, 0.3) is 5.91 Å². The number of rotatable bonds is 8. The van der Waals surface area contributed by atoms with Gasteiger partial charge in [-0.05, 0) is 25.3 Å². The monoisotopic (exact) mass is 412 g/mol. The summed E-state index contributed by atoms with van der Waals surface area (Å²) >= 11 is 0. The van der Waals surface area contributed by atoms with Crippen molar-refractivity contribution in [2.45, 2.75) is 37.5 Å². The number of amides is 1. The van der Waals surface area contributed by atoms with E-state index < -0.39 is 12.0 Å². The van der Waals surface area contributed by atoms with Gasteiger partial charge in [0.05, 0.1) is 12.1 Å². The molecule has 10 N–H and O–H groups in total. The van der Waals surface area contributed by atoms with Crippen LogP contribution in [0.5, 0.6) is 0 Å². The molecule has 0 bridgehead atoms. The minimum absolute atomic E-state index is 0.130. The summed E-state index contributed by atoms with van der Waals surface area (Å²) < 4.78 is 0. The molecule has 1 saturated carbocycles. The Labute approximate surface area is 173 Å². The zero-order chi connectivity index (χ0) is 21.5. The Balaban J connectivity index is 1.83. The van der Waals surface area contributed by atoms with Crippen molar-refractivity contribution in [2.24, 2.45) is 16.6 Å². The molecule has 11 heteroatoms. The predicted molar refractivity (Wildman–Crippen MR) is 114 cm³/mol. The predicted octanol–water partition coefficient (Wildman–Crippen LogP) is -0.198. The molecule has 158 valence electrons. The van der Waals surface area contributed by atoms with Gasteiger partial charge in [0, 0.05) is 36.3 Å². The van der Waals surface area contributed by atoms with Crippen LogP contribution in [0.1, 0.15) is 29.6 Å². The van der Waals surface area contributed by atoms with Gasteiger partial charge in [-0.3, -0.25) is 4.79 Å². The minimum atomic E-state index is -0.670. The van der Waals surface area contributed by atoms with Crippen molar-refractivity contribution in [1.29, 1.82) is 5.41 Å². The third-order valence-corrected chi connectivity index (χ3v) is 4.80. The van der Waals surface area contributed by atoms with Crippen LogP contribution in [0, 0.1) is 5.41 Å². The lowest BCUT2D eigenvalue weighted by molar-refractivity contribution is -0.576. The minimum Gasteiger partial charge on any atom is -0.391 e. The van der Waals surface area contributed by atoms with Gasteiger partial charge < -0.3 is 32.6 Å². The first-order chi connectivity index (χ1) is 14.5. The van der Waals surface area contributed by atoms with E-state index >= 15 is 0 Å². The molecule has 1 heterocycles. The summed E-state index contributed by atoms with van der Waals surface area (Å²) in [5, 5.41) is 27.4. The second-order valence-corrected chi connectivity index (χ2v) is 7.00. The lowest BCUT2D eigenvalue weighted by Gasteiger charge is -2.33. The van der Waals surface area contributed by atoms with Gasteiger partial charge >= 0.3 is 0 Å². The number of hydrogen-bond acceptors (Lipinski definition) is 9. The van der Waals surface area contributed by atoms with E-state index in [2.05, 4.69) is 25.7 Å². The van der Waals surface area contributed by atoms with Crippen LogP contribution in [-0.4, -0.2) is 51.6 Å². The van der Waals surface area contributed by atoms with Crippen LogP contribution in [0.15, 0.2) is 35.6 Å². The molecule has 1 aliphatic rings. The Morgan fingerprint density at radius 1 is 1.40 bits per heavy atom. The number of primary amides is 1. The molecule has 0 unspecified atom stereocenters. The molecule has 0 radical (unpaired) electrons. The van der Waals surface area contributed by atoms with Gasteiger partial charge in [-0.15, -0.1) is 0 Å². The average Bonchev–Trinajstić information content (AvgIpc) is 2.71. The van der Waals surface area contributed by atoms with Gasteiger partial charge in [-0.1, -0.05) is 11.2 Å². The number of anilines is 3. The van der Waals surface area contributed by atoms with E-state index in [9.17, 15) is 9.90 Å². The highest BCUT2D eigenvalue weighted by Crippen LogP contribution is 2.24. The quantitative estimate of drug-likeness (QED) is 0.135. The number of nitrogens with two attached hydrogens (primary N) is 3. The molecule has 1 fully saturated rings. The number of nitrogens with one attached hydrogen (secondary N) is 3. The Kier molecular flexibility index (Phi) is 7.01. The van der Waals surface area contributed by atoms with Crippen molar-refractivity contribution in [2.75, 3.05) is 10.6 Å². The van der Waals surface area contributed by atoms with E-state index in [4.69, 9.17) is 16.9 Å².